The molecule has 0 saturated heterocycles. The number of anilines is 3. The third kappa shape index (κ3) is 5.03. The molecule has 0 radical (unpaired) electrons. The molecule has 0 spiro atoms. The Labute approximate surface area is 324 Å². The second-order valence-electron chi connectivity index (χ2n) is 15.1. The van der Waals surface area contributed by atoms with Gasteiger partial charge in [0.1, 0.15) is 16.7 Å². The fourth-order valence-electron chi connectivity index (χ4n) is 8.76. The van der Waals surface area contributed by atoms with Crippen LogP contribution in [0, 0.1) is 0 Å². The number of rotatable bonds is 6. The number of nitrogens with zero attached hydrogens (tertiary/aromatic N) is 2. The highest BCUT2D eigenvalue weighted by molar-refractivity contribution is 6.15. The zero-order valence-corrected chi connectivity index (χ0v) is 31.0. The van der Waals surface area contributed by atoms with Crippen LogP contribution in [-0.2, 0) is 5.41 Å². The lowest BCUT2D eigenvalue weighted by atomic mass is 9.82. The quantitative estimate of drug-likeness (QED) is 0.171. The molecule has 0 saturated carbocycles. The van der Waals surface area contributed by atoms with Crippen molar-refractivity contribution >= 4 is 50.1 Å². The summed E-state index contributed by atoms with van der Waals surface area (Å²) in [6, 6.07) is 64.4. The van der Waals surface area contributed by atoms with Crippen molar-refractivity contribution in [1.82, 2.24) is 4.98 Å². The second kappa shape index (κ2) is 12.4. The van der Waals surface area contributed by atoms with E-state index in [4.69, 9.17) is 13.8 Å². The third-order valence-electron chi connectivity index (χ3n) is 11.5. The Morgan fingerprint density at radius 1 is 0.464 bits per heavy atom. The lowest BCUT2D eigenvalue weighted by Crippen LogP contribution is -2.16. The van der Waals surface area contributed by atoms with Crippen molar-refractivity contribution in [3.63, 3.8) is 0 Å². The molecule has 0 unspecified atom stereocenters. The van der Waals surface area contributed by atoms with E-state index in [1.165, 1.54) is 33.4 Å². The summed E-state index contributed by atoms with van der Waals surface area (Å²) in [4.78, 5) is 7.20. The summed E-state index contributed by atoms with van der Waals surface area (Å²) >= 11 is 0. The van der Waals surface area contributed by atoms with Gasteiger partial charge in [-0.25, -0.2) is 4.98 Å². The Morgan fingerprint density at radius 3 is 1.82 bits per heavy atom. The zero-order chi connectivity index (χ0) is 37.4. The SMILES string of the molecule is CC1(C)c2ccccc2-c2c(N(c3ccc(-c4ccccc4)cc3)c3ccc(-c4cccc5oc6cc7nc(-c8ccccc8)oc7cc6c45)cc3)cccc21. The summed E-state index contributed by atoms with van der Waals surface area (Å²) in [5.74, 6) is 0.601. The van der Waals surface area contributed by atoms with Crippen LogP contribution in [0.3, 0.4) is 0 Å². The predicted octanol–water partition coefficient (Wildman–Crippen LogP) is 14.5. The standard InChI is InChI=1S/C52H36N2O2/c1-52(2)42-19-10-9-17-40(42)50-43(52)20-12-21-45(50)54(37-27-23-34(24-28-37)33-13-5-3-6-14-33)38-29-25-35(26-30-38)39-18-11-22-46-49(39)41-31-48-44(32-47(41)55-46)53-51(56-48)36-15-7-4-8-16-36/h3-32H,1-2H3. The van der Waals surface area contributed by atoms with Crippen molar-refractivity contribution in [2.45, 2.75) is 19.3 Å². The van der Waals surface area contributed by atoms with Crippen LogP contribution in [0.15, 0.2) is 191 Å². The van der Waals surface area contributed by atoms with Gasteiger partial charge in [0.2, 0.25) is 5.89 Å². The summed E-state index contributed by atoms with van der Waals surface area (Å²) in [5, 5.41) is 2.06. The van der Waals surface area contributed by atoms with Crippen LogP contribution in [0.5, 0.6) is 0 Å². The van der Waals surface area contributed by atoms with E-state index in [1.807, 2.05) is 42.5 Å². The molecule has 4 nitrogen and oxygen atoms in total. The van der Waals surface area contributed by atoms with Crippen LogP contribution in [0.25, 0.3) is 77.9 Å². The molecule has 10 aromatic rings. The number of aromatic nitrogens is 1. The minimum atomic E-state index is -0.110. The molecule has 0 N–H and O–H groups in total. The average Bonchev–Trinajstić information content (AvgIpc) is 3.91. The van der Waals surface area contributed by atoms with Crippen LogP contribution in [-0.4, -0.2) is 4.98 Å². The predicted molar refractivity (Wildman–Crippen MR) is 230 cm³/mol. The minimum Gasteiger partial charge on any atom is -0.456 e. The first kappa shape index (κ1) is 32.3. The molecule has 0 fully saturated rings. The summed E-state index contributed by atoms with van der Waals surface area (Å²) in [5.41, 5.74) is 17.2. The Morgan fingerprint density at radius 2 is 1.07 bits per heavy atom. The van der Waals surface area contributed by atoms with Crippen molar-refractivity contribution in [2.75, 3.05) is 4.90 Å². The van der Waals surface area contributed by atoms with Crippen molar-refractivity contribution in [3.05, 3.63) is 193 Å². The average molecular weight is 721 g/mol. The summed E-state index contributed by atoms with van der Waals surface area (Å²) in [7, 11) is 0. The smallest absolute Gasteiger partial charge is 0.227 e. The Balaban J connectivity index is 1.04. The van der Waals surface area contributed by atoms with Crippen LogP contribution >= 0.6 is 0 Å². The first-order chi connectivity index (χ1) is 27.5. The van der Waals surface area contributed by atoms with Gasteiger partial charge in [-0.2, -0.15) is 0 Å². The molecule has 1 aliphatic rings. The molecule has 0 atom stereocenters. The van der Waals surface area contributed by atoms with E-state index < -0.39 is 0 Å². The minimum absolute atomic E-state index is 0.110. The Bertz CT molecular complexity index is 3080. The van der Waals surface area contributed by atoms with Gasteiger partial charge in [-0.05, 0) is 93.5 Å². The molecule has 0 bridgehead atoms. The topological polar surface area (TPSA) is 42.4 Å². The summed E-state index contributed by atoms with van der Waals surface area (Å²) < 4.78 is 12.7. The van der Waals surface area contributed by atoms with E-state index in [0.717, 1.165) is 66.8 Å². The molecule has 56 heavy (non-hydrogen) atoms. The number of benzene rings is 8. The normalized spacial score (nSPS) is 13.0. The molecule has 1 aliphatic carbocycles. The van der Waals surface area contributed by atoms with E-state index >= 15 is 0 Å². The molecule has 266 valence electrons. The molecule has 11 rings (SSSR count). The Hall–Kier alpha value is -7.17. The fraction of sp³-hybridized carbons (Fsp3) is 0.0577. The van der Waals surface area contributed by atoms with Crippen molar-refractivity contribution in [1.29, 1.82) is 0 Å². The molecule has 0 amide bonds. The lowest BCUT2D eigenvalue weighted by molar-refractivity contribution is 0.620. The Kier molecular flexibility index (Phi) is 7.17. The molecule has 8 aromatic carbocycles. The first-order valence-electron chi connectivity index (χ1n) is 19.1. The van der Waals surface area contributed by atoms with E-state index in [-0.39, 0.29) is 5.41 Å². The van der Waals surface area contributed by atoms with Gasteiger partial charge in [-0.3, -0.25) is 0 Å². The number of hydrogen-bond donors (Lipinski definition) is 0. The number of oxazole rings is 1. The molecule has 2 heterocycles. The highest BCUT2D eigenvalue weighted by Gasteiger charge is 2.37. The van der Waals surface area contributed by atoms with Gasteiger partial charge in [0.15, 0.2) is 5.58 Å². The van der Waals surface area contributed by atoms with Gasteiger partial charge in [-0.1, -0.05) is 135 Å². The summed E-state index contributed by atoms with van der Waals surface area (Å²) in [6.45, 7) is 4.68. The van der Waals surface area contributed by atoms with Crippen LogP contribution in [0.4, 0.5) is 17.1 Å². The molecular weight excluding hydrogens is 685 g/mol. The van der Waals surface area contributed by atoms with E-state index in [2.05, 4.69) is 158 Å². The highest BCUT2D eigenvalue weighted by Crippen LogP contribution is 2.54. The molecule has 2 aromatic heterocycles. The number of fused-ring (bicyclic) bond motifs is 7. The van der Waals surface area contributed by atoms with Crippen LogP contribution < -0.4 is 4.90 Å². The van der Waals surface area contributed by atoms with Gasteiger partial charge in [0, 0.05) is 44.8 Å². The van der Waals surface area contributed by atoms with Crippen LogP contribution in [0.2, 0.25) is 0 Å². The molecular formula is C52H36N2O2. The maximum Gasteiger partial charge on any atom is 0.227 e. The largest absolute Gasteiger partial charge is 0.456 e. The summed E-state index contributed by atoms with van der Waals surface area (Å²) in [6.07, 6.45) is 0. The van der Waals surface area contributed by atoms with E-state index in [1.54, 1.807) is 0 Å². The number of hydrogen-bond acceptors (Lipinski definition) is 4. The van der Waals surface area contributed by atoms with Gasteiger partial charge in [-0.15, -0.1) is 0 Å². The molecule has 4 heteroatoms. The first-order valence-corrected chi connectivity index (χ1v) is 19.1. The molecule has 0 aliphatic heterocycles. The van der Waals surface area contributed by atoms with Gasteiger partial charge < -0.3 is 13.7 Å². The second-order valence-corrected chi connectivity index (χ2v) is 15.1. The monoisotopic (exact) mass is 720 g/mol. The lowest BCUT2D eigenvalue weighted by Gasteiger charge is -2.29. The van der Waals surface area contributed by atoms with Gasteiger partial charge >= 0.3 is 0 Å². The maximum absolute atomic E-state index is 6.46. The number of furan rings is 1. The third-order valence-corrected chi connectivity index (χ3v) is 11.5. The van der Waals surface area contributed by atoms with Crippen LogP contribution in [0.1, 0.15) is 25.0 Å². The van der Waals surface area contributed by atoms with Gasteiger partial charge in [0.25, 0.3) is 0 Å². The zero-order valence-electron chi connectivity index (χ0n) is 31.0. The van der Waals surface area contributed by atoms with Crippen molar-refractivity contribution in [2.24, 2.45) is 0 Å². The van der Waals surface area contributed by atoms with Crippen molar-refractivity contribution < 1.29 is 8.83 Å². The van der Waals surface area contributed by atoms with E-state index in [9.17, 15) is 0 Å². The highest BCUT2D eigenvalue weighted by atomic mass is 16.4. The maximum atomic E-state index is 6.46. The van der Waals surface area contributed by atoms with E-state index in [0.29, 0.717) is 5.89 Å². The fourth-order valence-corrected chi connectivity index (χ4v) is 8.76. The van der Waals surface area contributed by atoms with Crippen molar-refractivity contribution in [3.8, 4) is 44.8 Å². The van der Waals surface area contributed by atoms with Gasteiger partial charge in [0.05, 0.1) is 5.69 Å².